The fraction of sp³-hybridized carbons (Fsp3) is 0.231. The maximum atomic E-state index is 6.20. The summed E-state index contributed by atoms with van der Waals surface area (Å²) >= 11 is 6.92. The monoisotopic (exact) mass is 373 g/mol. The molecular weight excluding hydrogens is 362 g/mol. The van der Waals surface area contributed by atoms with E-state index in [-0.39, 0.29) is 6.04 Å². The van der Waals surface area contributed by atoms with Crippen molar-refractivity contribution in [3.63, 3.8) is 0 Å². The van der Waals surface area contributed by atoms with Crippen LogP contribution in [0.1, 0.15) is 23.1 Å². The SMILES string of the molecule is COCc1ccc(C(N)c2ccc(Br)cc2Br)o1. The minimum absolute atomic E-state index is 0.293. The molecule has 2 aromatic rings. The van der Waals surface area contributed by atoms with Crippen LogP contribution in [-0.4, -0.2) is 7.11 Å². The molecule has 5 heteroatoms. The maximum absolute atomic E-state index is 6.20. The van der Waals surface area contributed by atoms with E-state index in [1.165, 1.54) is 0 Å². The third-order valence-corrected chi connectivity index (χ3v) is 3.75. The summed E-state index contributed by atoms with van der Waals surface area (Å²) in [4.78, 5) is 0. The van der Waals surface area contributed by atoms with Crippen LogP contribution in [0.15, 0.2) is 43.7 Å². The minimum Gasteiger partial charge on any atom is -0.462 e. The van der Waals surface area contributed by atoms with Crippen molar-refractivity contribution in [2.45, 2.75) is 12.6 Å². The molecule has 0 amide bonds. The number of ether oxygens (including phenoxy) is 1. The second kappa shape index (κ2) is 6.02. The van der Waals surface area contributed by atoms with Gasteiger partial charge in [-0.05, 0) is 29.8 Å². The zero-order valence-corrected chi connectivity index (χ0v) is 13.0. The van der Waals surface area contributed by atoms with Crippen molar-refractivity contribution in [2.75, 3.05) is 7.11 Å². The smallest absolute Gasteiger partial charge is 0.129 e. The Hall–Kier alpha value is -0.620. The van der Waals surface area contributed by atoms with Crippen molar-refractivity contribution >= 4 is 31.9 Å². The van der Waals surface area contributed by atoms with Crippen LogP contribution in [0.25, 0.3) is 0 Å². The first-order chi connectivity index (χ1) is 8.61. The maximum Gasteiger partial charge on any atom is 0.129 e. The number of rotatable bonds is 4. The molecule has 0 saturated heterocycles. The zero-order valence-electron chi connectivity index (χ0n) is 9.82. The molecule has 96 valence electrons. The molecule has 2 rings (SSSR count). The van der Waals surface area contributed by atoms with Crippen LogP contribution in [0.4, 0.5) is 0 Å². The van der Waals surface area contributed by atoms with Crippen LogP contribution < -0.4 is 5.73 Å². The van der Waals surface area contributed by atoms with E-state index in [2.05, 4.69) is 31.9 Å². The van der Waals surface area contributed by atoms with Gasteiger partial charge in [0.05, 0.1) is 6.04 Å². The second-order valence-corrected chi connectivity index (χ2v) is 5.65. The molecule has 18 heavy (non-hydrogen) atoms. The van der Waals surface area contributed by atoms with Gasteiger partial charge in [0.25, 0.3) is 0 Å². The van der Waals surface area contributed by atoms with Crippen molar-refractivity contribution in [3.05, 3.63) is 56.4 Å². The molecule has 0 aliphatic rings. The number of halogens is 2. The predicted molar refractivity (Wildman–Crippen MR) is 77.3 cm³/mol. The van der Waals surface area contributed by atoms with Gasteiger partial charge >= 0.3 is 0 Å². The highest BCUT2D eigenvalue weighted by atomic mass is 79.9. The predicted octanol–water partition coefficient (Wildman–Crippen LogP) is 4.00. The molecule has 0 radical (unpaired) electrons. The molecule has 0 aliphatic heterocycles. The topological polar surface area (TPSA) is 48.4 Å². The summed E-state index contributed by atoms with van der Waals surface area (Å²) in [5.74, 6) is 1.50. The summed E-state index contributed by atoms with van der Waals surface area (Å²) in [6.45, 7) is 0.453. The Balaban J connectivity index is 2.26. The number of benzene rings is 1. The van der Waals surface area contributed by atoms with E-state index in [9.17, 15) is 0 Å². The van der Waals surface area contributed by atoms with E-state index in [0.29, 0.717) is 6.61 Å². The molecular formula is C13H13Br2NO2. The van der Waals surface area contributed by atoms with Gasteiger partial charge in [-0.2, -0.15) is 0 Å². The lowest BCUT2D eigenvalue weighted by atomic mass is 10.1. The number of hydrogen-bond acceptors (Lipinski definition) is 3. The molecule has 1 unspecified atom stereocenters. The van der Waals surface area contributed by atoms with E-state index in [0.717, 1.165) is 26.0 Å². The van der Waals surface area contributed by atoms with Gasteiger partial charge in [-0.3, -0.25) is 0 Å². The summed E-state index contributed by atoms with van der Waals surface area (Å²) < 4.78 is 12.6. The van der Waals surface area contributed by atoms with Crippen LogP contribution >= 0.6 is 31.9 Å². The second-order valence-electron chi connectivity index (χ2n) is 3.88. The van der Waals surface area contributed by atoms with E-state index >= 15 is 0 Å². The number of hydrogen-bond donors (Lipinski definition) is 1. The third-order valence-electron chi connectivity index (χ3n) is 2.57. The zero-order chi connectivity index (χ0) is 13.1. The normalized spacial score (nSPS) is 12.7. The molecule has 0 spiro atoms. The van der Waals surface area contributed by atoms with Crippen LogP contribution in [0.5, 0.6) is 0 Å². The first-order valence-electron chi connectivity index (χ1n) is 5.40. The Morgan fingerprint density at radius 3 is 2.72 bits per heavy atom. The molecule has 1 aromatic carbocycles. The molecule has 3 nitrogen and oxygen atoms in total. The van der Waals surface area contributed by atoms with E-state index in [1.54, 1.807) is 7.11 Å². The average Bonchev–Trinajstić information content (AvgIpc) is 2.77. The first-order valence-corrected chi connectivity index (χ1v) is 6.98. The Morgan fingerprint density at radius 2 is 2.06 bits per heavy atom. The first kappa shape index (κ1) is 13.8. The van der Waals surface area contributed by atoms with E-state index in [4.69, 9.17) is 14.9 Å². The van der Waals surface area contributed by atoms with Crippen molar-refractivity contribution < 1.29 is 9.15 Å². The summed E-state index contributed by atoms with van der Waals surface area (Å²) in [7, 11) is 1.63. The highest BCUT2D eigenvalue weighted by Gasteiger charge is 2.16. The van der Waals surface area contributed by atoms with Gasteiger partial charge in [0.2, 0.25) is 0 Å². The molecule has 1 heterocycles. The van der Waals surface area contributed by atoms with Crippen LogP contribution in [-0.2, 0) is 11.3 Å². The van der Waals surface area contributed by atoms with Crippen LogP contribution in [0.3, 0.4) is 0 Å². The van der Waals surface area contributed by atoms with Crippen molar-refractivity contribution in [2.24, 2.45) is 5.73 Å². The highest BCUT2D eigenvalue weighted by Crippen LogP contribution is 2.30. The van der Waals surface area contributed by atoms with Gasteiger partial charge in [0.1, 0.15) is 18.1 Å². The molecule has 0 fully saturated rings. The number of nitrogens with two attached hydrogens (primary N) is 1. The van der Waals surface area contributed by atoms with Gasteiger partial charge in [0.15, 0.2) is 0 Å². The van der Waals surface area contributed by atoms with Gasteiger partial charge in [0, 0.05) is 16.1 Å². The molecule has 2 N–H and O–H groups in total. The quantitative estimate of drug-likeness (QED) is 0.879. The molecule has 0 bridgehead atoms. The van der Waals surface area contributed by atoms with E-state index < -0.39 is 0 Å². The number of furan rings is 1. The van der Waals surface area contributed by atoms with Gasteiger partial charge in [-0.15, -0.1) is 0 Å². The molecule has 1 aromatic heterocycles. The van der Waals surface area contributed by atoms with E-state index in [1.807, 2.05) is 30.3 Å². The lowest BCUT2D eigenvalue weighted by Crippen LogP contribution is -2.11. The largest absolute Gasteiger partial charge is 0.462 e. The summed E-state index contributed by atoms with van der Waals surface area (Å²) in [6.07, 6.45) is 0. The molecule has 1 atom stereocenters. The Labute approximate surface area is 123 Å². The fourth-order valence-corrected chi connectivity index (χ4v) is 2.98. The lowest BCUT2D eigenvalue weighted by molar-refractivity contribution is 0.162. The van der Waals surface area contributed by atoms with Crippen molar-refractivity contribution in [1.29, 1.82) is 0 Å². The van der Waals surface area contributed by atoms with Gasteiger partial charge < -0.3 is 14.9 Å². The highest BCUT2D eigenvalue weighted by molar-refractivity contribution is 9.11. The Kier molecular flexibility index (Phi) is 4.61. The van der Waals surface area contributed by atoms with Crippen molar-refractivity contribution in [3.8, 4) is 0 Å². The summed E-state index contributed by atoms with van der Waals surface area (Å²) in [6, 6.07) is 9.36. The minimum atomic E-state index is -0.293. The summed E-state index contributed by atoms with van der Waals surface area (Å²) in [5.41, 5.74) is 7.18. The average molecular weight is 375 g/mol. The molecule has 0 saturated carbocycles. The van der Waals surface area contributed by atoms with Gasteiger partial charge in [-0.25, -0.2) is 0 Å². The van der Waals surface area contributed by atoms with Crippen LogP contribution in [0.2, 0.25) is 0 Å². The standard InChI is InChI=1S/C13H13Br2NO2/c1-17-7-9-3-5-12(18-9)13(16)10-4-2-8(14)6-11(10)15/h2-6,13H,7,16H2,1H3. The lowest BCUT2D eigenvalue weighted by Gasteiger charge is -2.11. The molecule has 0 aliphatic carbocycles. The third kappa shape index (κ3) is 3.03. The fourth-order valence-electron chi connectivity index (χ4n) is 1.69. The Bertz CT molecular complexity index is 540. The van der Waals surface area contributed by atoms with Crippen molar-refractivity contribution in [1.82, 2.24) is 0 Å². The summed E-state index contributed by atoms with van der Waals surface area (Å²) in [5, 5.41) is 0. The van der Waals surface area contributed by atoms with Gasteiger partial charge in [-0.1, -0.05) is 37.9 Å². The van der Waals surface area contributed by atoms with Crippen LogP contribution in [0, 0.1) is 0 Å². The number of methoxy groups -OCH3 is 1. The Morgan fingerprint density at radius 1 is 1.28 bits per heavy atom.